The normalized spacial score (nSPS) is 17.0. The number of likely N-dealkylation sites (tertiary alicyclic amines) is 1. The van der Waals surface area contributed by atoms with E-state index in [1.54, 1.807) is 0 Å². The number of benzene rings is 2. The van der Waals surface area contributed by atoms with Crippen molar-refractivity contribution in [1.82, 2.24) is 20.2 Å². The van der Waals surface area contributed by atoms with E-state index in [2.05, 4.69) is 47.9 Å². The van der Waals surface area contributed by atoms with Gasteiger partial charge >= 0.3 is 0 Å². The molecule has 0 radical (unpaired) electrons. The van der Waals surface area contributed by atoms with Gasteiger partial charge in [0, 0.05) is 60.4 Å². The van der Waals surface area contributed by atoms with Crippen molar-refractivity contribution in [2.24, 2.45) is 5.92 Å². The zero-order valence-corrected chi connectivity index (χ0v) is 31.7. The molecule has 272 valence electrons. The molecule has 2 aromatic carbocycles. The standard InChI is InChI=1S/C42H54N4O4S/c1-6-7-8-9-10-23-50-35-17-15-31(16-18-35)34-26-43-39(44-27-34)32-13-11-30(12-14-32)24-33(40(48)45-28-42(49)21-22-46(5)29-42)25-36(47)37-19-20-38(51-37)41(2,3)4/h11-20,26-27,33,49H,6-10,21-25,28-29H2,1-5H3,(H,45,48)/t33-,42?/m1/s1. The number of Topliss-reactive ketones (excluding diaryl/α,β-unsaturated/α-hetero) is 1. The van der Waals surface area contributed by atoms with Crippen molar-refractivity contribution in [2.45, 2.75) is 90.1 Å². The molecular weight excluding hydrogens is 657 g/mol. The van der Waals surface area contributed by atoms with Crippen LogP contribution in [-0.4, -0.2) is 70.6 Å². The molecule has 2 aromatic heterocycles. The molecule has 0 saturated carbocycles. The van der Waals surface area contributed by atoms with Crippen LogP contribution in [-0.2, 0) is 16.6 Å². The van der Waals surface area contributed by atoms with Crippen molar-refractivity contribution in [2.75, 3.05) is 33.3 Å². The average molecular weight is 711 g/mol. The number of hydrogen-bond donors (Lipinski definition) is 2. The van der Waals surface area contributed by atoms with Gasteiger partial charge in [-0.15, -0.1) is 11.3 Å². The van der Waals surface area contributed by atoms with Crippen LogP contribution in [0.15, 0.2) is 73.1 Å². The van der Waals surface area contributed by atoms with Gasteiger partial charge in [0.05, 0.1) is 17.1 Å². The maximum atomic E-state index is 13.6. The van der Waals surface area contributed by atoms with E-state index >= 15 is 0 Å². The summed E-state index contributed by atoms with van der Waals surface area (Å²) in [6, 6.07) is 19.8. The molecule has 0 spiro atoms. The van der Waals surface area contributed by atoms with Crippen molar-refractivity contribution in [1.29, 1.82) is 0 Å². The van der Waals surface area contributed by atoms with E-state index in [-0.39, 0.29) is 30.1 Å². The number of carbonyl (C=O) groups is 2. The minimum Gasteiger partial charge on any atom is -0.494 e. The second-order valence-electron chi connectivity index (χ2n) is 15.2. The lowest BCUT2D eigenvalue weighted by Crippen LogP contribution is -2.46. The van der Waals surface area contributed by atoms with Gasteiger partial charge in [0.15, 0.2) is 11.6 Å². The molecule has 5 rings (SSSR count). The molecule has 0 bridgehead atoms. The number of aliphatic hydroxyl groups is 1. The first kappa shape index (κ1) is 38.3. The molecule has 9 heteroatoms. The number of amides is 1. The number of unbranched alkanes of at least 4 members (excludes halogenated alkanes) is 4. The Morgan fingerprint density at radius 2 is 1.63 bits per heavy atom. The van der Waals surface area contributed by atoms with Crippen LogP contribution >= 0.6 is 11.3 Å². The summed E-state index contributed by atoms with van der Waals surface area (Å²) < 4.78 is 5.91. The van der Waals surface area contributed by atoms with Crippen LogP contribution in [0.5, 0.6) is 5.75 Å². The smallest absolute Gasteiger partial charge is 0.224 e. The van der Waals surface area contributed by atoms with Gasteiger partial charge < -0.3 is 20.1 Å². The highest BCUT2D eigenvalue weighted by molar-refractivity contribution is 7.14. The summed E-state index contributed by atoms with van der Waals surface area (Å²) >= 11 is 1.50. The summed E-state index contributed by atoms with van der Waals surface area (Å²) in [7, 11) is 1.96. The zero-order chi connectivity index (χ0) is 36.4. The van der Waals surface area contributed by atoms with Gasteiger partial charge in [0.25, 0.3) is 0 Å². The molecule has 1 saturated heterocycles. The number of rotatable bonds is 17. The van der Waals surface area contributed by atoms with Crippen molar-refractivity contribution in [3.05, 3.63) is 88.4 Å². The monoisotopic (exact) mass is 710 g/mol. The van der Waals surface area contributed by atoms with Gasteiger partial charge in [-0.1, -0.05) is 89.8 Å². The highest BCUT2D eigenvalue weighted by Gasteiger charge is 2.35. The number of hydrogen-bond acceptors (Lipinski definition) is 8. The number of ketones is 1. The molecule has 2 atom stereocenters. The van der Waals surface area contributed by atoms with E-state index in [0.29, 0.717) is 30.1 Å². The van der Waals surface area contributed by atoms with Crippen LogP contribution < -0.4 is 10.1 Å². The third-order valence-electron chi connectivity index (χ3n) is 9.59. The van der Waals surface area contributed by atoms with E-state index in [4.69, 9.17) is 4.74 Å². The highest BCUT2D eigenvalue weighted by atomic mass is 32.1. The first-order valence-electron chi connectivity index (χ1n) is 18.4. The highest BCUT2D eigenvalue weighted by Crippen LogP contribution is 2.31. The summed E-state index contributed by atoms with van der Waals surface area (Å²) in [6.45, 7) is 10.8. The molecule has 51 heavy (non-hydrogen) atoms. The van der Waals surface area contributed by atoms with Crippen molar-refractivity contribution >= 4 is 23.0 Å². The second kappa shape index (κ2) is 17.5. The number of likely N-dealkylation sites (N-methyl/N-ethyl adjacent to an activating group) is 1. The topological polar surface area (TPSA) is 105 Å². The molecule has 1 amide bonds. The summed E-state index contributed by atoms with van der Waals surface area (Å²) in [5, 5.41) is 13.9. The Bertz CT molecular complexity index is 1710. The molecule has 1 unspecified atom stereocenters. The van der Waals surface area contributed by atoms with E-state index in [1.165, 1.54) is 37.0 Å². The van der Waals surface area contributed by atoms with E-state index < -0.39 is 11.5 Å². The second-order valence-corrected chi connectivity index (χ2v) is 16.2. The lowest BCUT2D eigenvalue weighted by atomic mass is 9.92. The first-order chi connectivity index (χ1) is 24.4. The molecule has 3 heterocycles. The summed E-state index contributed by atoms with van der Waals surface area (Å²) in [5.41, 5.74) is 2.74. The molecule has 4 aromatic rings. The summed E-state index contributed by atoms with van der Waals surface area (Å²) in [6.07, 6.45) is 10.8. The third kappa shape index (κ3) is 11.0. The number of nitrogens with zero attached hydrogens (tertiary/aromatic N) is 3. The molecule has 1 aliphatic rings. The maximum Gasteiger partial charge on any atom is 0.224 e. The van der Waals surface area contributed by atoms with Crippen molar-refractivity contribution < 1.29 is 19.4 Å². The number of nitrogens with one attached hydrogen (secondary N) is 1. The molecular formula is C42H54N4O4S. The van der Waals surface area contributed by atoms with Crippen LogP contribution in [0.4, 0.5) is 0 Å². The number of aromatic nitrogens is 2. The Balaban J connectivity index is 1.22. The minimum atomic E-state index is -0.962. The largest absolute Gasteiger partial charge is 0.494 e. The fraction of sp³-hybridized carbons (Fsp3) is 0.476. The van der Waals surface area contributed by atoms with Crippen LogP contribution in [0.1, 0.15) is 92.8 Å². The van der Waals surface area contributed by atoms with Crippen LogP contribution in [0.2, 0.25) is 0 Å². The van der Waals surface area contributed by atoms with Gasteiger partial charge in [-0.05, 0) is 67.1 Å². The molecule has 1 aliphatic heterocycles. The van der Waals surface area contributed by atoms with Gasteiger partial charge in [-0.3, -0.25) is 9.59 Å². The Morgan fingerprint density at radius 3 is 2.25 bits per heavy atom. The molecule has 1 fully saturated rings. The van der Waals surface area contributed by atoms with Gasteiger partial charge in [0.1, 0.15) is 5.75 Å². The summed E-state index contributed by atoms with van der Waals surface area (Å²) in [4.78, 5) is 40.2. The third-order valence-corrected chi connectivity index (χ3v) is 11.1. The SMILES string of the molecule is CCCCCCCOc1ccc(-c2cnc(-c3ccc(C[C@H](CC(=O)c4ccc(C(C)(C)C)s4)C(=O)NCC4(O)CCN(C)C4)cc3)nc2)cc1. The Labute approximate surface area is 307 Å². The summed E-state index contributed by atoms with van der Waals surface area (Å²) in [5.74, 6) is 0.643. The lowest BCUT2D eigenvalue weighted by molar-refractivity contribution is -0.126. The van der Waals surface area contributed by atoms with Crippen LogP contribution in [0, 0.1) is 5.92 Å². The number of β-amino-alcohol motifs (C(OH)–C–C–N with tert-alkyl or cyclic N) is 1. The molecule has 0 aliphatic carbocycles. The maximum absolute atomic E-state index is 13.6. The predicted molar refractivity (Wildman–Crippen MR) is 206 cm³/mol. The van der Waals surface area contributed by atoms with Crippen LogP contribution in [0.25, 0.3) is 22.5 Å². The first-order valence-corrected chi connectivity index (χ1v) is 19.2. The average Bonchev–Trinajstić information content (AvgIpc) is 3.76. The Hall–Kier alpha value is -3.92. The van der Waals surface area contributed by atoms with Gasteiger partial charge in [-0.2, -0.15) is 0 Å². The van der Waals surface area contributed by atoms with E-state index in [1.807, 2.05) is 80.1 Å². The van der Waals surface area contributed by atoms with Gasteiger partial charge in [0.2, 0.25) is 5.91 Å². The Kier molecular flexibility index (Phi) is 13.2. The van der Waals surface area contributed by atoms with E-state index in [0.717, 1.165) is 52.5 Å². The number of ether oxygens (including phenoxy) is 1. The van der Waals surface area contributed by atoms with Crippen molar-refractivity contribution in [3.63, 3.8) is 0 Å². The quantitative estimate of drug-likeness (QED) is 0.0843. The van der Waals surface area contributed by atoms with Crippen LogP contribution in [0.3, 0.4) is 0 Å². The fourth-order valence-electron chi connectivity index (χ4n) is 6.41. The van der Waals surface area contributed by atoms with E-state index in [9.17, 15) is 14.7 Å². The number of carbonyl (C=O) groups excluding carboxylic acids is 2. The Morgan fingerprint density at radius 1 is 0.941 bits per heavy atom. The van der Waals surface area contributed by atoms with Gasteiger partial charge in [-0.25, -0.2) is 9.97 Å². The lowest BCUT2D eigenvalue weighted by Gasteiger charge is -2.24. The molecule has 8 nitrogen and oxygen atoms in total. The predicted octanol–water partition coefficient (Wildman–Crippen LogP) is 8.13. The molecule has 2 N–H and O–H groups in total. The fourth-order valence-corrected chi connectivity index (χ4v) is 7.42. The number of thiophene rings is 1. The van der Waals surface area contributed by atoms with Crippen molar-refractivity contribution in [3.8, 4) is 28.3 Å². The zero-order valence-electron chi connectivity index (χ0n) is 30.9. The minimum absolute atomic E-state index is 0.0416.